The van der Waals surface area contributed by atoms with Crippen LogP contribution in [-0.2, 0) is 13.6 Å². The van der Waals surface area contributed by atoms with Crippen molar-refractivity contribution in [3.8, 4) is 0 Å². The Morgan fingerprint density at radius 1 is 1.39 bits per heavy atom. The summed E-state index contributed by atoms with van der Waals surface area (Å²) in [6.07, 6.45) is 10.9. The highest BCUT2D eigenvalue weighted by molar-refractivity contribution is 8.00. The molecule has 1 aromatic rings. The van der Waals surface area contributed by atoms with E-state index in [0.717, 1.165) is 25.6 Å². The maximum Gasteiger partial charge on any atom is 0.194 e. The zero-order valence-corrected chi connectivity index (χ0v) is 15.2. The summed E-state index contributed by atoms with van der Waals surface area (Å²) in [7, 11) is 1.95. The van der Waals surface area contributed by atoms with Crippen LogP contribution in [0.25, 0.3) is 0 Å². The van der Waals surface area contributed by atoms with Crippen molar-refractivity contribution in [1.29, 1.82) is 0 Å². The second-order valence-corrected chi connectivity index (χ2v) is 8.27. The number of nitrogens with zero attached hydrogens (tertiary/aromatic N) is 4. The summed E-state index contributed by atoms with van der Waals surface area (Å²) in [6.45, 7) is 6.02. The minimum absolute atomic E-state index is 0.473. The van der Waals surface area contributed by atoms with Gasteiger partial charge in [0.1, 0.15) is 0 Å². The molecule has 1 N–H and O–H groups in total. The van der Waals surface area contributed by atoms with Crippen molar-refractivity contribution in [1.82, 2.24) is 20.0 Å². The van der Waals surface area contributed by atoms with Gasteiger partial charge in [0.25, 0.3) is 0 Å². The fourth-order valence-corrected chi connectivity index (χ4v) is 5.24. The lowest BCUT2D eigenvalue weighted by atomic mass is 9.87. The van der Waals surface area contributed by atoms with E-state index in [0.29, 0.717) is 11.3 Å². The number of guanidine groups is 1. The lowest BCUT2D eigenvalue weighted by Gasteiger charge is -2.45. The average molecular weight is 336 g/mol. The molecule has 6 heteroatoms. The molecule has 0 amide bonds. The van der Waals surface area contributed by atoms with Gasteiger partial charge in [-0.2, -0.15) is 16.9 Å². The third-order valence-corrected chi connectivity index (χ3v) is 6.35. The number of rotatable bonds is 3. The van der Waals surface area contributed by atoms with Crippen LogP contribution in [0.2, 0.25) is 0 Å². The number of hydrogen-bond donors (Lipinski definition) is 1. The number of aliphatic imine (C=N–C) groups is 1. The molecule has 1 aromatic heterocycles. The van der Waals surface area contributed by atoms with E-state index in [9.17, 15) is 0 Å². The third kappa shape index (κ3) is 4.22. The maximum atomic E-state index is 4.87. The highest BCUT2D eigenvalue weighted by Crippen LogP contribution is 2.42. The first kappa shape index (κ1) is 16.7. The molecule has 128 valence electrons. The topological polar surface area (TPSA) is 45.5 Å². The molecule has 1 aliphatic carbocycles. The standard InChI is InChI=1S/C17H29N5S/c1-3-18-16(19-11-15-12-20-21(2)13-15)22-9-10-23-17(14-22)7-5-4-6-8-17/h12-13H,3-11,14H2,1-2H3,(H,18,19). The molecule has 2 heterocycles. The third-order valence-electron chi connectivity index (χ3n) is 4.82. The lowest BCUT2D eigenvalue weighted by Crippen LogP contribution is -2.53. The molecule has 1 aliphatic heterocycles. The van der Waals surface area contributed by atoms with Crippen molar-refractivity contribution >= 4 is 17.7 Å². The van der Waals surface area contributed by atoms with Crippen LogP contribution >= 0.6 is 11.8 Å². The molecule has 0 unspecified atom stereocenters. The van der Waals surface area contributed by atoms with Gasteiger partial charge in [0.05, 0.1) is 12.7 Å². The number of hydrogen-bond acceptors (Lipinski definition) is 3. The zero-order chi connectivity index (χ0) is 16.1. The maximum absolute atomic E-state index is 4.87. The largest absolute Gasteiger partial charge is 0.357 e. The molecule has 1 saturated carbocycles. The molecule has 3 rings (SSSR count). The van der Waals surface area contributed by atoms with Crippen LogP contribution in [-0.4, -0.2) is 50.8 Å². The highest BCUT2D eigenvalue weighted by atomic mass is 32.2. The van der Waals surface area contributed by atoms with Gasteiger partial charge in [-0.3, -0.25) is 4.68 Å². The van der Waals surface area contributed by atoms with E-state index >= 15 is 0 Å². The van der Waals surface area contributed by atoms with Crippen LogP contribution < -0.4 is 5.32 Å². The molecule has 2 aliphatic rings. The van der Waals surface area contributed by atoms with Gasteiger partial charge in [0.2, 0.25) is 0 Å². The van der Waals surface area contributed by atoms with E-state index in [-0.39, 0.29) is 0 Å². The smallest absolute Gasteiger partial charge is 0.194 e. The monoisotopic (exact) mass is 335 g/mol. The Bertz CT molecular complexity index is 527. The summed E-state index contributed by atoms with van der Waals surface area (Å²) < 4.78 is 2.31. The zero-order valence-electron chi connectivity index (χ0n) is 14.4. The van der Waals surface area contributed by atoms with Crippen LogP contribution in [0, 0.1) is 0 Å². The van der Waals surface area contributed by atoms with E-state index in [2.05, 4.69) is 34.0 Å². The van der Waals surface area contributed by atoms with Crippen LogP contribution in [0.15, 0.2) is 17.4 Å². The Balaban J connectivity index is 1.69. The molecule has 1 spiro atoms. The molecular formula is C17H29N5S. The van der Waals surface area contributed by atoms with Crippen molar-refractivity contribution in [2.24, 2.45) is 12.0 Å². The van der Waals surface area contributed by atoms with Crippen molar-refractivity contribution in [2.75, 3.05) is 25.4 Å². The first-order valence-electron chi connectivity index (χ1n) is 8.85. The van der Waals surface area contributed by atoms with E-state index in [1.54, 1.807) is 0 Å². The Kier molecular flexibility index (Phi) is 5.51. The van der Waals surface area contributed by atoms with E-state index < -0.39 is 0 Å². The number of aryl methyl sites for hydroxylation is 1. The highest BCUT2D eigenvalue weighted by Gasteiger charge is 2.38. The Morgan fingerprint density at radius 3 is 2.91 bits per heavy atom. The van der Waals surface area contributed by atoms with Crippen LogP contribution in [0.4, 0.5) is 0 Å². The molecule has 1 saturated heterocycles. The Hall–Kier alpha value is -1.17. The predicted molar refractivity (Wildman–Crippen MR) is 97.9 cm³/mol. The van der Waals surface area contributed by atoms with E-state index in [1.165, 1.54) is 43.4 Å². The fourth-order valence-electron chi connectivity index (χ4n) is 3.67. The first-order chi connectivity index (χ1) is 11.2. The summed E-state index contributed by atoms with van der Waals surface area (Å²) >= 11 is 2.21. The number of thioether (sulfide) groups is 1. The van der Waals surface area contributed by atoms with Crippen molar-refractivity contribution in [3.05, 3.63) is 18.0 Å². The van der Waals surface area contributed by atoms with Gasteiger partial charge in [-0.25, -0.2) is 4.99 Å². The van der Waals surface area contributed by atoms with Gasteiger partial charge in [-0.1, -0.05) is 19.3 Å². The van der Waals surface area contributed by atoms with E-state index in [4.69, 9.17) is 4.99 Å². The van der Waals surface area contributed by atoms with Crippen molar-refractivity contribution in [2.45, 2.75) is 50.3 Å². The van der Waals surface area contributed by atoms with Gasteiger partial charge >= 0.3 is 0 Å². The Labute approximate surface area is 143 Å². The summed E-state index contributed by atoms with van der Waals surface area (Å²) in [4.78, 5) is 7.36. The molecule has 0 aromatic carbocycles. The molecule has 2 fully saturated rings. The SMILES string of the molecule is CCNC(=NCc1cnn(C)c1)N1CCSC2(CCCCC2)C1. The minimum Gasteiger partial charge on any atom is -0.357 e. The van der Waals surface area contributed by atoms with Crippen LogP contribution in [0.5, 0.6) is 0 Å². The van der Waals surface area contributed by atoms with Crippen molar-refractivity contribution in [3.63, 3.8) is 0 Å². The van der Waals surface area contributed by atoms with Gasteiger partial charge in [0.15, 0.2) is 5.96 Å². The average Bonchev–Trinajstić information content (AvgIpc) is 2.98. The number of nitrogens with one attached hydrogen (secondary N) is 1. The second-order valence-electron chi connectivity index (χ2n) is 6.71. The van der Waals surface area contributed by atoms with E-state index in [1.807, 2.05) is 24.1 Å². The normalized spacial score (nSPS) is 21.7. The summed E-state index contributed by atoms with van der Waals surface area (Å²) in [5.74, 6) is 2.29. The van der Waals surface area contributed by atoms with Gasteiger partial charge in [-0.15, -0.1) is 0 Å². The summed E-state index contributed by atoms with van der Waals surface area (Å²) in [5.41, 5.74) is 1.17. The molecule has 0 bridgehead atoms. The molecular weight excluding hydrogens is 306 g/mol. The van der Waals surface area contributed by atoms with Gasteiger partial charge < -0.3 is 10.2 Å². The van der Waals surface area contributed by atoms with Crippen LogP contribution in [0.1, 0.15) is 44.6 Å². The molecule has 23 heavy (non-hydrogen) atoms. The molecule has 0 radical (unpaired) electrons. The van der Waals surface area contributed by atoms with Crippen molar-refractivity contribution < 1.29 is 0 Å². The molecule has 0 atom stereocenters. The van der Waals surface area contributed by atoms with Crippen LogP contribution in [0.3, 0.4) is 0 Å². The minimum atomic E-state index is 0.473. The Morgan fingerprint density at radius 2 is 2.22 bits per heavy atom. The first-order valence-corrected chi connectivity index (χ1v) is 9.84. The van der Waals surface area contributed by atoms with Gasteiger partial charge in [0, 0.05) is 48.9 Å². The van der Waals surface area contributed by atoms with Gasteiger partial charge in [-0.05, 0) is 19.8 Å². The number of aromatic nitrogens is 2. The summed E-state index contributed by atoms with van der Waals surface area (Å²) in [5, 5.41) is 7.72. The fraction of sp³-hybridized carbons (Fsp3) is 0.765. The summed E-state index contributed by atoms with van der Waals surface area (Å²) in [6, 6.07) is 0. The second kappa shape index (κ2) is 7.60. The molecule has 5 nitrogen and oxygen atoms in total. The quantitative estimate of drug-likeness (QED) is 0.681. The predicted octanol–water partition coefficient (Wildman–Crippen LogP) is 2.64. The lowest BCUT2D eigenvalue weighted by molar-refractivity contribution is 0.293.